The van der Waals surface area contributed by atoms with E-state index in [4.69, 9.17) is 21.7 Å². The minimum atomic E-state index is -5.00. The van der Waals surface area contributed by atoms with E-state index in [0.29, 0.717) is 36.8 Å². The molecule has 0 saturated heterocycles. The Bertz CT molecular complexity index is 1670. The van der Waals surface area contributed by atoms with E-state index in [-0.39, 0.29) is 31.8 Å². The van der Waals surface area contributed by atoms with Gasteiger partial charge >= 0.3 is 7.82 Å². The fourth-order valence-corrected chi connectivity index (χ4v) is 6.27. The Morgan fingerprint density at radius 2 is 1.43 bits per heavy atom. The van der Waals surface area contributed by atoms with Crippen LogP contribution in [0.3, 0.4) is 0 Å². The van der Waals surface area contributed by atoms with Crippen LogP contribution in [-0.4, -0.2) is 82.6 Å². The molecule has 1 aliphatic rings. The summed E-state index contributed by atoms with van der Waals surface area (Å²) in [7, 11) is -5.00. The summed E-state index contributed by atoms with van der Waals surface area (Å²) in [5.41, 5.74) is 18.2. The number of nitrogens with two attached hydrogens (primary N) is 3. The molecular weight excluding hydrogens is 707 g/mol. The second-order valence-electron chi connectivity index (χ2n) is 12.7. The normalized spacial score (nSPS) is 17.1. The van der Waals surface area contributed by atoms with E-state index in [2.05, 4.69) is 26.3 Å². The molecule has 1 aliphatic carbocycles. The first-order chi connectivity index (χ1) is 25.1. The van der Waals surface area contributed by atoms with E-state index in [1.54, 1.807) is 54.6 Å². The van der Waals surface area contributed by atoms with E-state index in [9.17, 15) is 38.3 Å². The number of primary amides is 1. The van der Waals surface area contributed by atoms with Gasteiger partial charge in [0.15, 0.2) is 5.96 Å². The summed E-state index contributed by atoms with van der Waals surface area (Å²) in [6.45, 7) is 0.833. The van der Waals surface area contributed by atoms with Crippen molar-refractivity contribution in [2.24, 2.45) is 28.1 Å². The predicted octanol–water partition coefficient (Wildman–Crippen LogP) is -0.194. The molecule has 0 aromatic heterocycles. The van der Waals surface area contributed by atoms with Crippen LogP contribution in [0.2, 0.25) is 0 Å². The largest absolute Gasteiger partial charge is 0.469 e. The van der Waals surface area contributed by atoms with Crippen molar-refractivity contribution in [2.45, 2.75) is 76.0 Å². The van der Waals surface area contributed by atoms with E-state index >= 15 is 0 Å². The van der Waals surface area contributed by atoms with Crippen molar-refractivity contribution in [3.8, 4) is 0 Å². The number of benzene rings is 2. The fraction of sp³-hybridized carbons (Fsp3) is 0.429. The van der Waals surface area contributed by atoms with Crippen molar-refractivity contribution in [3.63, 3.8) is 0 Å². The zero-order chi connectivity index (χ0) is 39.0. The maximum absolute atomic E-state index is 14.0. The Kier molecular flexibility index (Phi) is 16.6. The molecule has 12 N–H and O–H groups in total. The molecule has 1 unspecified atom stereocenters. The SMILES string of the molecule is CC(=O)N[C@@H](Cc1ccccc1)C(=O)N[C@@H](Cc1ccccc1)C(=O)NC(/C=C1/CCC[C@H]1C(=O)N[C@@H](CCCN=C(N)N)C(N)=O)COP(=O)(O)O. The standard InChI is InChI=1S/C35H49N8O9P/c1-22(44)40-29(18-23-10-4-2-5-11-23)34(48)43-30(19-24-12-6-3-7-13-24)33(47)41-26(21-52-53(49,50)51)20-25-14-8-15-27(25)32(46)42-28(31(36)45)16-9-17-39-35(37)38/h2-7,10-13,20,26-30H,8-9,14-19,21H2,1H3,(H2,36,45)(H,40,44)(H,41,47)(H,42,46)(H,43,48)(H4,37,38,39)(H2,49,50,51)/b25-20-/t26?,27-,28+,29+,30+/m1/s1. The third kappa shape index (κ3) is 15.6. The molecule has 17 nitrogen and oxygen atoms in total. The van der Waals surface area contributed by atoms with Gasteiger partial charge < -0.3 is 48.3 Å². The summed E-state index contributed by atoms with van der Waals surface area (Å²) in [6, 6.07) is 13.5. The van der Waals surface area contributed by atoms with Gasteiger partial charge in [-0.2, -0.15) is 0 Å². The van der Waals surface area contributed by atoms with Crippen molar-refractivity contribution < 1.29 is 42.8 Å². The van der Waals surface area contributed by atoms with Crippen LogP contribution in [0.15, 0.2) is 77.3 Å². The lowest BCUT2D eigenvalue weighted by Crippen LogP contribution is -2.56. The molecule has 288 valence electrons. The number of nitrogens with zero attached hydrogens (tertiary/aromatic N) is 1. The van der Waals surface area contributed by atoms with Crippen LogP contribution >= 0.6 is 7.82 Å². The van der Waals surface area contributed by atoms with Gasteiger partial charge in [-0.1, -0.05) is 72.3 Å². The first kappa shape index (κ1) is 42.3. The molecule has 0 radical (unpaired) electrons. The molecule has 1 saturated carbocycles. The van der Waals surface area contributed by atoms with E-state index in [0.717, 1.165) is 5.56 Å². The molecule has 0 bridgehead atoms. The molecule has 18 heteroatoms. The molecule has 53 heavy (non-hydrogen) atoms. The number of nitrogens with one attached hydrogen (secondary N) is 4. The lowest BCUT2D eigenvalue weighted by Gasteiger charge is -2.25. The second-order valence-corrected chi connectivity index (χ2v) is 13.9. The van der Waals surface area contributed by atoms with Crippen molar-refractivity contribution in [3.05, 3.63) is 83.4 Å². The Balaban J connectivity index is 1.85. The lowest BCUT2D eigenvalue weighted by atomic mass is 9.98. The highest BCUT2D eigenvalue weighted by molar-refractivity contribution is 7.46. The molecular formula is C35H49N8O9P. The number of carbonyl (C=O) groups is 5. The van der Waals surface area contributed by atoms with Gasteiger partial charge in [0.05, 0.1) is 18.6 Å². The summed E-state index contributed by atoms with van der Waals surface area (Å²) in [5.74, 6) is -3.87. The number of phosphoric acid groups is 1. The summed E-state index contributed by atoms with van der Waals surface area (Å²) in [5, 5.41) is 10.8. The van der Waals surface area contributed by atoms with E-state index < -0.39 is 74.1 Å². The Morgan fingerprint density at radius 3 is 1.96 bits per heavy atom. The average molecular weight is 757 g/mol. The Morgan fingerprint density at radius 1 is 0.868 bits per heavy atom. The Hall–Kier alpha value is -5.09. The first-order valence-corrected chi connectivity index (χ1v) is 18.7. The summed E-state index contributed by atoms with van der Waals surface area (Å²) in [6.07, 6.45) is 3.61. The molecule has 2 aromatic carbocycles. The number of aliphatic imine (C=N–C) groups is 1. The number of hydrogen-bond donors (Lipinski definition) is 9. The number of rotatable bonds is 20. The van der Waals surface area contributed by atoms with Gasteiger partial charge in [0.1, 0.15) is 18.1 Å². The lowest BCUT2D eigenvalue weighted by molar-refractivity contribution is -0.131. The van der Waals surface area contributed by atoms with Crippen LogP contribution in [-0.2, 0) is 45.9 Å². The maximum Gasteiger partial charge on any atom is 0.469 e. The van der Waals surface area contributed by atoms with E-state index in [1.165, 1.54) is 13.0 Å². The fourth-order valence-electron chi connectivity index (χ4n) is 5.92. The third-order valence-electron chi connectivity index (χ3n) is 8.38. The number of amides is 5. The average Bonchev–Trinajstić information content (AvgIpc) is 3.56. The van der Waals surface area contributed by atoms with Crippen LogP contribution in [0.5, 0.6) is 0 Å². The topological polar surface area (TPSA) is 291 Å². The van der Waals surface area contributed by atoms with Gasteiger partial charge in [-0.05, 0) is 43.2 Å². The molecule has 1 fully saturated rings. The highest BCUT2D eigenvalue weighted by Crippen LogP contribution is 2.36. The predicted molar refractivity (Wildman–Crippen MR) is 196 cm³/mol. The third-order valence-corrected chi connectivity index (χ3v) is 8.87. The van der Waals surface area contributed by atoms with Crippen molar-refractivity contribution >= 4 is 43.3 Å². The van der Waals surface area contributed by atoms with Gasteiger partial charge in [0.25, 0.3) is 0 Å². The van der Waals surface area contributed by atoms with Crippen molar-refractivity contribution in [1.82, 2.24) is 21.3 Å². The summed E-state index contributed by atoms with van der Waals surface area (Å²) < 4.78 is 16.5. The van der Waals surface area contributed by atoms with Crippen LogP contribution in [0.25, 0.3) is 0 Å². The van der Waals surface area contributed by atoms with Crippen molar-refractivity contribution in [1.29, 1.82) is 0 Å². The molecule has 5 atom stereocenters. The van der Waals surface area contributed by atoms with Crippen LogP contribution in [0.1, 0.15) is 50.2 Å². The second kappa shape index (κ2) is 20.8. The van der Waals surface area contributed by atoms with Gasteiger partial charge in [-0.25, -0.2) is 4.57 Å². The number of hydrogen-bond acceptors (Lipinski definition) is 8. The van der Waals surface area contributed by atoms with Crippen LogP contribution in [0.4, 0.5) is 0 Å². The maximum atomic E-state index is 14.0. The van der Waals surface area contributed by atoms with Gasteiger partial charge in [0, 0.05) is 26.3 Å². The number of guanidine groups is 1. The minimum Gasteiger partial charge on any atom is -0.370 e. The molecule has 5 amide bonds. The highest BCUT2D eigenvalue weighted by Gasteiger charge is 2.33. The van der Waals surface area contributed by atoms with Gasteiger partial charge in [-0.15, -0.1) is 0 Å². The molecule has 3 rings (SSSR count). The highest BCUT2D eigenvalue weighted by atomic mass is 31.2. The molecule has 0 heterocycles. The minimum absolute atomic E-state index is 0.0297. The van der Waals surface area contributed by atoms with Crippen LogP contribution in [0, 0.1) is 5.92 Å². The first-order valence-electron chi connectivity index (χ1n) is 17.1. The number of carbonyl (C=O) groups excluding carboxylic acids is 5. The smallest absolute Gasteiger partial charge is 0.370 e. The molecule has 0 aliphatic heterocycles. The van der Waals surface area contributed by atoms with Crippen LogP contribution < -0.4 is 38.5 Å². The van der Waals surface area contributed by atoms with Crippen molar-refractivity contribution in [2.75, 3.05) is 13.2 Å². The van der Waals surface area contributed by atoms with Gasteiger partial charge in [-0.3, -0.25) is 33.5 Å². The zero-order valence-corrected chi connectivity index (χ0v) is 30.4. The zero-order valence-electron chi connectivity index (χ0n) is 29.5. The number of phosphoric ester groups is 1. The molecule has 0 spiro atoms. The summed E-state index contributed by atoms with van der Waals surface area (Å²) in [4.78, 5) is 88.0. The van der Waals surface area contributed by atoms with Gasteiger partial charge in [0.2, 0.25) is 29.5 Å². The Labute approximate surface area is 307 Å². The molecule has 2 aromatic rings. The summed E-state index contributed by atoms with van der Waals surface area (Å²) >= 11 is 0. The van der Waals surface area contributed by atoms with E-state index in [1.807, 2.05) is 6.07 Å². The monoisotopic (exact) mass is 756 g/mol. The quantitative estimate of drug-likeness (QED) is 0.0280.